The third kappa shape index (κ3) is 4.20. The first-order valence-electron chi connectivity index (χ1n) is 6.03. The molecule has 1 aliphatic carbocycles. The molecule has 3 N–H and O–H groups in total. The Labute approximate surface area is 92.8 Å². The van der Waals surface area contributed by atoms with Gasteiger partial charge < -0.3 is 11.1 Å². The highest BCUT2D eigenvalue weighted by atomic mass is 16.1. The molecule has 3 heteroatoms. The molecule has 3 nitrogen and oxygen atoms in total. The lowest BCUT2D eigenvalue weighted by Crippen LogP contribution is -2.37. The fraction of sp³-hybridized carbons (Fsp3) is 0.917. The van der Waals surface area contributed by atoms with Crippen LogP contribution in [-0.4, -0.2) is 19.0 Å². The SMILES string of the molecule is CC(C)CC1(CNCC(N)=O)CCCC1. The van der Waals surface area contributed by atoms with E-state index in [0.717, 1.165) is 12.5 Å². The first-order valence-corrected chi connectivity index (χ1v) is 6.03. The highest BCUT2D eigenvalue weighted by molar-refractivity contribution is 5.75. The van der Waals surface area contributed by atoms with E-state index in [-0.39, 0.29) is 5.91 Å². The number of nitrogens with two attached hydrogens (primary N) is 1. The number of rotatable bonds is 6. The van der Waals surface area contributed by atoms with Crippen molar-refractivity contribution < 1.29 is 4.79 Å². The molecule has 0 bridgehead atoms. The molecule has 1 saturated carbocycles. The zero-order valence-electron chi connectivity index (χ0n) is 10.0. The molecule has 0 saturated heterocycles. The number of carbonyl (C=O) groups is 1. The van der Waals surface area contributed by atoms with Gasteiger partial charge in [0.1, 0.15) is 0 Å². The monoisotopic (exact) mass is 212 g/mol. The van der Waals surface area contributed by atoms with Crippen LogP contribution in [0.5, 0.6) is 0 Å². The molecule has 0 heterocycles. The van der Waals surface area contributed by atoms with Crippen LogP contribution in [0.15, 0.2) is 0 Å². The summed E-state index contributed by atoms with van der Waals surface area (Å²) in [6.07, 6.45) is 6.54. The van der Waals surface area contributed by atoms with Crippen LogP contribution in [0.4, 0.5) is 0 Å². The van der Waals surface area contributed by atoms with Gasteiger partial charge in [0.15, 0.2) is 0 Å². The molecule has 0 atom stereocenters. The number of hydrogen-bond donors (Lipinski definition) is 2. The predicted octanol–water partition coefficient (Wildman–Crippen LogP) is 1.67. The lowest BCUT2D eigenvalue weighted by Gasteiger charge is -2.31. The quantitative estimate of drug-likeness (QED) is 0.703. The lowest BCUT2D eigenvalue weighted by atomic mass is 9.78. The van der Waals surface area contributed by atoms with Crippen molar-refractivity contribution in [3.05, 3.63) is 0 Å². The summed E-state index contributed by atoms with van der Waals surface area (Å²) in [5.41, 5.74) is 5.55. The zero-order valence-corrected chi connectivity index (χ0v) is 10.0. The highest BCUT2D eigenvalue weighted by Gasteiger charge is 2.33. The van der Waals surface area contributed by atoms with E-state index in [0.29, 0.717) is 12.0 Å². The molecule has 0 unspecified atom stereocenters. The van der Waals surface area contributed by atoms with Crippen LogP contribution in [0.1, 0.15) is 46.0 Å². The summed E-state index contributed by atoms with van der Waals surface area (Å²) >= 11 is 0. The van der Waals surface area contributed by atoms with Crippen LogP contribution >= 0.6 is 0 Å². The van der Waals surface area contributed by atoms with Crippen LogP contribution in [-0.2, 0) is 4.79 Å². The minimum absolute atomic E-state index is 0.257. The summed E-state index contributed by atoms with van der Waals surface area (Å²) in [5, 5.41) is 3.20. The Bertz CT molecular complexity index is 208. The number of primary amides is 1. The van der Waals surface area contributed by atoms with Crippen molar-refractivity contribution in [2.75, 3.05) is 13.1 Å². The van der Waals surface area contributed by atoms with Crippen molar-refractivity contribution >= 4 is 5.91 Å². The average Bonchev–Trinajstić information content (AvgIpc) is 2.51. The smallest absolute Gasteiger partial charge is 0.231 e. The third-order valence-corrected chi connectivity index (χ3v) is 3.30. The molecular formula is C12H24N2O. The van der Waals surface area contributed by atoms with Crippen LogP contribution in [0.3, 0.4) is 0 Å². The van der Waals surface area contributed by atoms with Gasteiger partial charge >= 0.3 is 0 Å². The van der Waals surface area contributed by atoms with Gasteiger partial charge in [-0.05, 0) is 30.6 Å². The standard InChI is InChI=1S/C12H24N2O/c1-10(2)7-12(5-3-4-6-12)9-14-8-11(13)15/h10,14H,3-9H2,1-2H3,(H2,13,15). The van der Waals surface area contributed by atoms with E-state index in [9.17, 15) is 4.79 Å². The van der Waals surface area contributed by atoms with Crippen LogP contribution in [0.25, 0.3) is 0 Å². The fourth-order valence-electron chi connectivity index (χ4n) is 2.89. The van der Waals surface area contributed by atoms with Crippen molar-refractivity contribution in [3.63, 3.8) is 0 Å². The summed E-state index contributed by atoms with van der Waals surface area (Å²) in [6, 6.07) is 0. The Balaban J connectivity index is 2.39. The molecular weight excluding hydrogens is 188 g/mol. The van der Waals surface area contributed by atoms with E-state index in [1.165, 1.54) is 32.1 Å². The van der Waals surface area contributed by atoms with E-state index in [4.69, 9.17) is 5.73 Å². The molecule has 0 aromatic carbocycles. The van der Waals surface area contributed by atoms with Gasteiger partial charge in [0.25, 0.3) is 0 Å². The fourth-order valence-corrected chi connectivity index (χ4v) is 2.89. The Hall–Kier alpha value is -0.570. The van der Waals surface area contributed by atoms with E-state index in [2.05, 4.69) is 19.2 Å². The Morgan fingerprint density at radius 1 is 1.40 bits per heavy atom. The van der Waals surface area contributed by atoms with Gasteiger partial charge in [-0.15, -0.1) is 0 Å². The molecule has 15 heavy (non-hydrogen) atoms. The topological polar surface area (TPSA) is 55.1 Å². The molecule has 0 spiro atoms. The maximum atomic E-state index is 10.7. The number of carbonyl (C=O) groups excluding carboxylic acids is 1. The van der Waals surface area contributed by atoms with Crippen LogP contribution in [0.2, 0.25) is 0 Å². The maximum absolute atomic E-state index is 10.7. The van der Waals surface area contributed by atoms with Crippen molar-refractivity contribution in [1.82, 2.24) is 5.32 Å². The molecule has 0 radical (unpaired) electrons. The van der Waals surface area contributed by atoms with E-state index >= 15 is 0 Å². The summed E-state index contributed by atoms with van der Waals surface area (Å²) < 4.78 is 0. The number of hydrogen-bond acceptors (Lipinski definition) is 2. The second kappa shape index (κ2) is 5.50. The number of amides is 1. The van der Waals surface area contributed by atoms with E-state index in [1.807, 2.05) is 0 Å². The molecule has 1 aliphatic rings. The summed E-state index contributed by atoms with van der Waals surface area (Å²) in [5.74, 6) is 0.478. The van der Waals surface area contributed by atoms with Crippen LogP contribution < -0.4 is 11.1 Å². The predicted molar refractivity (Wildman–Crippen MR) is 62.4 cm³/mol. The molecule has 0 aromatic heterocycles. The second-order valence-corrected chi connectivity index (χ2v) is 5.37. The zero-order chi connectivity index (χ0) is 11.3. The summed E-state index contributed by atoms with van der Waals surface area (Å²) in [7, 11) is 0. The molecule has 1 rings (SSSR count). The normalized spacial score (nSPS) is 19.7. The Morgan fingerprint density at radius 3 is 2.47 bits per heavy atom. The maximum Gasteiger partial charge on any atom is 0.231 e. The van der Waals surface area contributed by atoms with E-state index in [1.54, 1.807) is 0 Å². The lowest BCUT2D eigenvalue weighted by molar-refractivity contribution is -0.117. The van der Waals surface area contributed by atoms with Gasteiger partial charge in [-0.25, -0.2) is 0 Å². The minimum Gasteiger partial charge on any atom is -0.369 e. The van der Waals surface area contributed by atoms with Gasteiger partial charge in [-0.1, -0.05) is 26.7 Å². The molecule has 88 valence electrons. The first kappa shape index (κ1) is 12.5. The molecule has 1 fully saturated rings. The van der Waals surface area contributed by atoms with Gasteiger partial charge in [0.2, 0.25) is 5.91 Å². The summed E-state index contributed by atoms with van der Waals surface area (Å²) in [6.45, 7) is 5.82. The van der Waals surface area contributed by atoms with Crippen molar-refractivity contribution in [2.24, 2.45) is 17.1 Å². The number of nitrogens with one attached hydrogen (secondary N) is 1. The minimum atomic E-state index is -0.257. The molecule has 0 aliphatic heterocycles. The highest BCUT2D eigenvalue weighted by Crippen LogP contribution is 2.42. The van der Waals surface area contributed by atoms with Gasteiger partial charge in [-0.3, -0.25) is 4.79 Å². The first-order chi connectivity index (χ1) is 7.04. The summed E-state index contributed by atoms with van der Waals surface area (Å²) in [4.78, 5) is 10.7. The van der Waals surface area contributed by atoms with Gasteiger partial charge in [-0.2, -0.15) is 0 Å². The van der Waals surface area contributed by atoms with Crippen molar-refractivity contribution in [1.29, 1.82) is 0 Å². The van der Waals surface area contributed by atoms with E-state index < -0.39 is 0 Å². The second-order valence-electron chi connectivity index (χ2n) is 5.37. The Kier molecular flexibility index (Phi) is 4.58. The molecule has 0 aromatic rings. The van der Waals surface area contributed by atoms with Gasteiger partial charge in [0, 0.05) is 6.54 Å². The van der Waals surface area contributed by atoms with Crippen molar-refractivity contribution in [2.45, 2.75) is 46.0 Å². The largest absolute Gasteiger partial charge is 0.369 e. The van der Waals surface area contributed by atoms with Crippen LogP contribution in [0, 0.1) is 11.3 Å². The molecule has 1 amide bonds. The Morgan fingerprint density at radius 2 is 2.00 bits per heavy atom. The third-order valence-electron chi connectivity index (χ3n) is 3.30. The van der Waals surface area contributed by atoms with Gasteiger partial charge in [0.05, 0.1) is 6.54 Å². The van der Waals surface area contributed by atoms with Crippen molar-refractivity contribution in [3.8, 4) is 0 Å². The average molecular weight is 212 g/mol.